The molecule has 0 aromatic heterocycles. The van der Waals surface area contributed by atoms with E-state index < -0.39 is 6.10 Å². The molecule has 2 aliphatic heterocycles. The Labute approximate surface area is 135 Å². The molecule has 0 radical (unpaired) electrons. The maximum absolute atomic E-state index is 12.3. The molecule has 0 bridgehead atoms. The molecular weight excluding hydrogens is 278 g/mol. The molecule has 2 amide bonds. The van der Waals surface area contributed by atoms with E-state index in [-0.39, 0.29) is 6.03 Å². The Kier molecular flexibility index (Phi) is 6.50. The minimum absolute atomic E-state index is 0.0222. The van der Waals surface area contributed by atoms with Crippen LogP contribution in [0.15, 0.2) is 0 Å². The molecule has 2 N–H and O–H groups in total. The Morgan fingerprint density at radius 2 is 1.73 bits per heavy atom. The number of rotatable bonds is 4. The Balaban J connectivity index is 1.71. The molecule has 22 heavy (non-hydrogen) atoms. The Morgan fingerprint density at radius 3 is 2.32 bits per heavy atom. The third-order valence-corrected chi connectivity index (χ3v) is 5.26. The second-order valence-electron chi connectivity index (χ2n) is 7.36. The summed E-state index contributed by atoms with van der Waals surface area (Å²) in [7, 11) is 0. The minimum atomic E-state index is -0.479. The summed E-state index contributed by atoms with van der Waals surface area (Å²) in [6, 6.07) is 0.569. The highest BCUT2D eigenvalue weighted by Crippen LogP contribution is 2.22. The number of carbonyl (C=O) groups excluding carboxylic acids is 1. The highest BCUT2D eigenvalue weighted by molar-refractivity contribution is 5.75. The van der Waals surface area contributed by atoms with Crippen molar-refractivity contribution >= 4 is 6.03 Å². The molecule has 2 aliphatic rings. The topological polar surface area (TPSA) is 55.8 Å². The van der Waals surface area contributed by atoms with Gasteiger partial charge in [0.25, 0.3) is 0 Å². The lowest BCUT2D eigenvalue weighted by Gasteiger charge is -2.39. The van der Waals surface area contributed by atoms with Crippen molar-refractivity contribution in [3.63, 3.8) is 0 Å². The van der Waals surface area contributed by atoms with Crippen molar-refractivity contribution in [3.05, 3.63) is 0 Å². The van der Waals surface area contributed by atoms with E-state index in [4.69, 9.17) is 0 Å². The molecule has 2 fully saturated rings. The number of likely N-dealkylation sites (tertiary alicyclic amines) is 2. The quantitative estimate of drug-likeness (QED) is 0.835. The number of amides is 2. The SMILES string of the molecule is CC1CCN(C[C@@H](O)CNC(=O)N2[C@H](C)CCC[C@@H]2C)CC1. The van der Waals surface area contributed by atoms with E-state index in [1.807, 2.05) is 4.90 Å². The lowest BCUT2D eigenvalue weighted by atomic mass is 9.98. The second kappa shape index (κ2) is 8.16. The van der Waals surface area contributed by atoms with Crippen molar-refractivity contribution in [1.29, 1.82) is 0 Å². The molecule has 0 aliphatic carbocycles. The van der Waals surface area contributed by atoms with Gasteiger partial charge >= 0.3 is 6.03 Å². The van der Waals surface area contributed by atoms with Gasteiger partial charge in [0.15, 0.2) is 0 Å². The van der Waals surface area contributed by atoms with Gasteiger partial charge in [-0.1, -0.05) is 6.92 Å². The normalized spacial score (nSPS) is 29.4. The van der Waals surface area contributed by atoms with Gasteiger partial charge in [0, 0.05) is 25.2 Å². The lowest BCUT2D eigenvalue weighted by Crippen LogP contribution is -2.53. The highest BCUT2D eigenvalue weighted by Gasteiger charge is 2.29. The van der Waals surface area contributed by atoms with Gasteiger partial charge in [-0.05, 0) is 65.0 Å². The van der Waals surface area contributed by atoms with Crippen molar-refractivity contribution in [1.82, 2.24) is 15.1 Å². The molecule has 2 saturated heterocycles. The molecular formula is C17H33N3O2. The molecule has 0 saturated carbocycles. The van der Waals surface area contributed by atoms with Gasteiger partial charge in [-0.25, -0.2) is 4.79 Å². The molecule has 0 spiro atoms. The van der Waals surface area contributed by atoms with Crippen LogP contribution in [0.1, 0.15) is 52.9 Å². The maximum Gasteiger partial charge on any atom is 0.317 e. The van der Waals surface area contributed by atoms with E-state index in [9.17, 15) is 9.90 Å². The first-order valence-electron chi connectivity index (χ1n) is 8.94. The Morgan fingerprint density at radius 1 is 1.14 bits per heavy atom. The number of nitrogens with one attached hydrogen (secondary N) is 1. The smallest absolute Gasteiger partial charge is 0.317 e. The number of aliphatic hydroxyl groups excluding tert-OH is 1. The Hall–Kier alpha value is -0.810. The molecule has 0 unspecified atom stereocenters. The van der Waals surface area contributed by atoms with E-state index in [2.05, 4.69) is 31.0 Å². The van der Waals surface area contributed by atoms with Gasteiger partial charge in [-0.2, -0.15) is 0 Å². The summed E-state index contributed by atoms with van der Waals surface area (Å²) in [5.74, 6) is 0.801. The van der Waals surface area contributed by atoms with E-state index in [0.29, 0.717) is 25.2 Å². The van der Waals surface area contributed by atoms with Gasteiger partial charge in [0.1, 0.15) is 0 Å². The average Bonchev–Trinajstić information content (AvgIpc) is 2.47. The zero-order chi connectivity index (χ0) is 16.1. The highest BCUT2D eigenvalue weighted by atomic mass is 16.3. The van der Waals surface area contributed by atoms with E-state index in [1.165, 1.54) is 19.3 Å². The van der Waals surface area contributed by atoms with E-state index in [1.54, 1.807) is 0 Å². The van der Waals surface area contributed by atoms with Gasteiger partial charge < -0.3 is 20.2 Å². The van der Waals surface area contributed by atoms with Crippen LogP contribution >= 0.6 is 0 Å². The second-order valence-corrected chi connectivity index (χ2v) is 7.36. The first kappa shape index (κ1) is 17.5. The van der Waals surface area contributed by atoms with E-state index >= 15 is 0 Å². The molecule has 5 heteroatoms. The fourth-order valence-electron chi connectivity index (χ4n) is 3.73. The molecule has 128 valence electrons. The first-order chi connectivity index (χ1) is 10.5. The standard InChI is InChI=1S/C17H33N3O2/c1-13-7-9-19(10-8-13)12-16(21)11-18-17(22)20-14(2)5-4-6-15(20)3/h13-16,21H,4-12H2,1-3H3,(H,18,22)/t14-,15+,16-/m0/s1. The molecule has 5 nitrogen and oxygen atoms in total. The predicted molar refractivity (Wildman–Crippen MR) is 88.9 cm³/mol. The number of nitrogens with zero attached hydrogens (tertiary/aromatic N) is 2. The van der Waals surface area contributed by atoms with Gasteiger partial charge in [-0.3, -0.25) is 0 Å². The number of urea groups is 1. The van der Waals surface area contributed by atoms with Crippen LogP contribution in [-0.2, 0) is 0 Å². The molecule has 0 aromatic carbocycles. The van der Waals surface area contributed by atoms with Crippen LogP contribution in [0.25, 0.3) is 0 Å². The number of aliphatic hydroxyl groups is 1. The summed E-state index contributed by atoms with van der Waals surface area (Å²) in [6.45, 7) is 9.65. The minimum Gasteiger partial charge on any atom is -0.390 e. The number of hydrogen-bond acceptors (Lipinski definition) is 3. The molecule has 2 rings (SSSR count). The van der Waals surface area contributed by atoms with Crippen LogP contribution in [0.3, 0.4) is 0 Å². The fraction of sp³-hybridized carbons (Fsp3) is 0.941. The zero-order valence-electron chi connectivity index (χ0n) is 14.4. The fourth-order valence-corrected chi connectivity index (χ4v) is 3.73. The maximum atomic E-state index is 12.3. The van der Waals surface area contributed by atoms with Crippen LogP contribution in [0, 0.1) is 5.92 Å². The monoisotopic (exact) mass is 311 g/mol. The first-order valence-corrected chi connectivity index (χ1v) is 8.94. The van der Waals surface area contributed by atoms with Crippen molar-refractivity contribution in [2.45, 2.75) is 71.1 Å². The van der Waals surface area contributed by atoms with Crippen molar-refractivity contribution in [2.75, 3.05) is 26.2 Å². The predicted octanol–water partition coefficient (Wildman–Crippen LogP) is 2.05. The van der Waals surface area contributed by atoms with Crippen LogP contribution in [0.2, 0.25) is 0 Å². The largest absolute Gasteiger partial charge is 0.390 e. The van der Waals surface area contributed by atoms with Crippen LogP contribution in [0.4, 0.5) is 4.79 Å². The average molecular weight is 311 g/mol. The van der Waals surface area contributed by atoms with Gasteiger partial charge in [-0.15, -0.1) is 0 Å². The zero-order valence-corrected chi connectivity index (χ0v) is 14.4. The summed E-state index contributed by atoms with van der Waals surface area (Å²) in [6.07, 6.45) is 5.29. The summed E-state index contributed by atoms with van der Waals surface area (Å²) < 4.78 is 0. The Bertz CT molecular complexity index is 346. The number of carbonyl (C=O) groups is 1. The van der Waals surface area contributed by atoms with Crippen LogP contribution in [-0.4, -0.2) is 65.3 Å². The van der Waals surface area contributed by atoms with Crippen LogP contribution in [0.5, 0.6) is 0 Å². The number of piperidine rings is 2. The lowest BCUT2D eigenvalue weighted by molar-refractivity contribution is 0.0851. The summed E-state index contributed by atoms with van der Waals surface area (Å²) in [4.78, 5) is 16.6. The number of hydrogen-bond donors (Lipinski definition) is 2. The van der Waals surface area contributed by atoms with Crippen molar-refractivity contribution in [2.24, 2.45) is 5.92 Å². The summed E-state index contributed by atoms with van der Waals surface area (Å²) in [5, 5.41) is 13.1. The van der Waals surface area contributed by atoms with Crippen LogP contribution < -0.4 is 5.32 Å². The van der Waals surface area contributed by atoms with Crippen molar-refractivity contribution < 1.29 is 9.90 Å². The molecule has 2 heterocycles. The van der Waals surface area contributed by atoms with E-state index in [0.717, 1.165) is 31.8 Å². The van der Waals surface area contributed by atoms with Crippen molar-refractivity contribution in [3.8, 4) is 0 Å². The molecule has 3 atom stereocenters. The summed E-state index contributed by atoms with van der Waals surface area (Å²) in [5.41, 5.74) is 0. The van der Waals surface area contributed by atoms with Gasteiger partial charge in [0.2, 0.25) is 0 Å². The molecule has 0 aromatic rings. The van der Waals surface area contributed by atoms with Gasteiger partial charge in [0.05, 0.1) is 6.10 Å². The third kappa shape index (κ3) is 4.85. The number of β-amino-alcohol motifs (C(OH)–C–C–N with tert-alkyl or cyclic N) is 1. The summed E-state index contributed by atoms with van der Waals surface area (Å²) >= 11 is 0. The third-order valence-electron chi connectivity index (χ3n) is 5.26.